The fourth-order valence-electron chi connectivity index (χ4n) is 6.50. The van der Waals surface area contributed by atoms with E-state index < -0.39 is 105 Å². The van der Waals surface area contributed by atoms with Crippen LogP contribution in [0.25, 0.3) is 0 Å². The number of Topliss-reactive ketones (excluding diaryl/α,β-unsaturated/α-hetero) is 3. The van der Waals surface area contributed by atoms with Crippen molar-refractivity contribution in [3.05, 3.63) is 70.2 Å². The van der Waals surface area contributed by atoms with E-state index in [9.17, 15) is 44.1 Å². The minimum Gasteiger partial charge on any atom is -0.507 e. The van der Waals surface area contributed by atoms with Crippen molar-refractivity contribution in [3.63, 3.8) is 0 Å². The number of rotatable bonds is 2. The molecule has 51 heavy (non-hydrogen) atoms. The zero-order valence-corrected chi connectivity index (χ0v) is 29.9. The molecule has 4 aliphatic rings. The molecule has 3 heterocycles. The SMILES string of the molecule is CO[C@H]1/C=C/O[C@@]2(C)Oc3c(C)c(O)c4c(c3C2=O)C(=O)C=C(NC(=O)/C(C)=C\C=C\C(C)(O)C(=O)[C@@H](C)[C@H](O)[C@@H](C)[C@H](OC(C)=O)[C@@H]1C)C4=O. The fourth-order valence-corrected chi connectivity index (χ4v) is 6.50. The molecule has 1 unspecified atom stereocenters. The lowest BCUT2D eigenvalue weighted by Crippen LogP contribution is -2.48. The normalized spacial score (nSPS) is 34.1. The summed E-state index contributed by atoms with van der Waals surface area (Å²) in [5, 5.41) is 35.8. The molecule has 0 saturated carbocycles. The number of fused-ring (bicyclic) bond motifs is 14. The highest BCUT2D eigenvalue weighted by molar-refractivity contribution is 6.30. The first kappa shape index (κ1) is 38.9. The molecule has 0 spiro atoms. The van der Waals surface area contributed by atoms with Crippen LogP contribution in [0.5, 0.6) is 11.5 Å². The van der Waals surface area contributed by atoms with Crippen molar-refractivity contribution >= 4 is 35.0 Å². The second-order valence-electron chi connectivity index (χ2n) is 13.4. The maximum Gasteiger partial charge on any atom is 0.312 e. The van der Waals surface area contributed by atoms with E-state index in [4.69, 9.17) is 18.9 Å². The number of aliphatic hydroxyl groups is 2. The van der Waals surface area contributed by atoms with Gasteiger partial charge in [-0.1, -0.05) is 32.9 Å². The average Bonchev–Trinajstić information content (AvgIpc) is 3.33. The summed E-state index contributed by atoms with van der Waals surface area (Å²) < 4.78 is 22.9. The maximum atomic E-state index is 13.9. The highest BCUT2D eigenvalue weighted by Crippen LogP contribution is 2.47. The van der Waals surface area contributed by atoms with Crippen LogP contribution in [0.2, 0.25) is 0 Å². The van der Waals surface area contributed by atoms with Crippen LogP contribution < -0.4 is 10.1 Å². The van der Waals surface area contributed by atoms with Gasteiger partial charge in [0.1, 0.15) is 23.2 Å². The first-order valence-electron chi connectivity index (χ1n) is 16.3. The van der Waals surface area contributed by atoms with Gasteiger partial charge in [-0.25, -0.2) is 0 Å². The van der Waals surface area contributed by atoms with Crippen molar-refractivity contribution < 1.29 is 63.0 Å². The second kappa shape index (κ2) is 14.4. The molecule has 3 aliphatic heterocycles. The maximum absolute atomic E-state index is 13.9. The number of amides is 1. The van der Waals surface area contributed by atoms with Gasteiger partial charge in [-0.05, 0) is 32.9 Å². The third kappa shape index (κ3) is 7.16. The number of ketones is 4. The largest absolute Gasteiger partial charge is 0.507 e. The summed E-state index contributed by atoms with van der Waals surface area (Å²) >= 11 is 0. The number of nitrogens with one attached hydrogen (secondary N) is 1. The van der Waals surface area contributed by atoms with Crippen LogP contribution in [-0.2, 0) is 28.6 Å². The molecule has 0 radical (unpaired) electrons. The minimum atomic E-state index is -2.11. The lowest BCUT2D eigenvalue weighted by molar-refractivity contribution is -0.160. The Morgan fingerprint density at radius 2 is 1.65 bits per heavy atom. The summed E-state index contributed by atoms with van der Waals surface area (Å²) in [6.45, 7) is 11.1. The van der Waals surface area contributed by atoms with Gasteiger partial charge in [0.15, 0.2) is 11.6 Å². The van der Waals surface area contributed by atoms with Crippen molar-refractivity contribution in [2.24, 2.45) is 17.8 Å². The number of carbonyl (C=O) groups is 6. The minimum absolute atomic E-state index is 0.00224. The predicted octanol–water partition coefficient (Wildman–Crippen LogP) is 2.95. The van der Waals surface area contributed by atoms with Crippen LogP contribution in [0.3, 0.4) is 0 Å². The number of hydrogen-bond donors (Lipinski definition) is 4. The van der Waals surface area contributed by atoms with Crippen LogP contribution in [0.1, 0.15) is 85.1 Å². The van der Waals surface area contributed by atoms with E-state index in [-0.39, 0.29) is 22.4 Å². The van der Waals surface area contributed by atoms with Gasteiger partial charge in [-0.3, -0.25) is 28.8 Å². The fraction of sp³-hybridized carbons (Fsp3) is 0.459. The van der Waals surface area contributed by atoms with Gasteiger partial charge in [0.25, 0.3) is 11.7 Å². The zero-order valence-electron chi connectivity index (χ0n) is 29.9. The number of allylic oxidation sites excluding steroid dienone is 4. The first-order chi connectivity index (χ1) is 23.7. The molecular formula is C37H43NO13. The van der Waals surface area contributed by atoms with E-state index in [1.165, 1.54) is 66.9 Å². The van der Waals surface area contributed by atoms with E-state index in [2.05, 4.69) is 5.32 Å². The molecule has 1 aromatic rings. The van der Waals surface area contributed by atoms with Gasteiger partial charge in [0.2, 0.25) is 5.78 Å². The molecule has 0 fully saturated rings. The predicted molar refractivity (Wildman–Crippen MR) is 180 cm³/mol. The van der Waals surface area contributed by atoms with Crippen molar-refractivity contribution in [2.45, 2.75) is 85.1 Å². The summed E-state index contributed by atoms with van der Waals surface area (Å²) in [6.07, 6.45) is 3.69. The van der Waals surface area contributed by atoms with Crippen LogP contribution in [0, 0.1) is 24.7 Å². The van der Waals surface area contributed by atoms with E-state index in [0.29, 0.717) is 0 Å². The lowest BCUT2D eigenvalue weighted by atomic mass is 9.78. The van der Waals surface area contributed by atoms with Gasteiger partial charge >= 0.3 is 11.8 Å². The number of aliphatic hydroxyl groups excluding tert-OH is 1. The number of ether oxygens (including phenoxy) is 4. The number of phenolic OH excluding ortho intramolecular Hbond substituents is 1. The molecule has 14 heteroatoms. The van der Waals surface area contributed by atoms with Crippen LogP contribution >= 0.6 is 0 Å². The second-order valence-corrected chi connectivity index (χ2v) is 13.4. The van der Waals surface area contributed by atoms with E-state index in [1.54, 1.807) is 13.8 Å². The molecule has 1 aliphatic carbocycles. The summed E-state index contributed by atoms with van der Waals surface area (Å²) in [6, 6.07) is 0. The number of aromatic hydroxyl groups is 1. The van der Waals surface area contributed by atoms with Gasteiger partial charge in [0, 0.05) is 55.9 Å². The third-order valence-corrected chi connectivity index (χ3v) is 9.62. The monoisotopic (exact) mass is 709 g/mol. The summed E-state index contributed by atoms with van der Waals surface area (Å²) in [5.41, 5.74) is -3.78. The molecule has 0 saturated heterocycles. The van der Waals surface area contributed by atoms with Gasteiger partial charge in [-0.15, -0.1) is 0 Å². The van der Waals surface area contributed by atoms with Crippen LogP contribution in [0.4, 0.5) is 0 Å². The smallest absolute Gasteiger partial charge is 0.312 e. The lowest BCUT2D eigenvalue weighted by Gasteiger charge is -2.37. The van der Waals surface area contributed by atoms with Crippen molar-refractivity contribution in [2.75, 3.05) is 7.11 Å². The number of benzene rings is 1. The summed E-state index contributed by atoms with van der Waals surface area (Å²) in [4.78, 5) is 79.6. The average molecular weight is 710 g/mol. The standard InChI is InChI=1S/C37H43NO13/c1-16-11-10-13-36(7,47)33(44)20(5)28(41)18(3)31(50-21(6)39)17(2)24(48-9)12-14-49-37(8)34(45)27-25-23(40)15-22(38-35(16)46)30(43)26(25)29(42)19(4)32(27)51-37/h10-15,17-18,20,24,28,31,41-42,47H,1-9H3,(H,38,46)/b13-10+,14-12+,16-11-/t17-,18-,20+,24+,28-,31-,36?,37+/m1/s1. The highest BCUT2D eigenvalue weighted by atomic mass is 16.7. The van der Waals surface area contributed by atoms with Crippen LogP contribution in [-0.4, -0.2) is 87.1 Å². The molecule has 0 aromatic heterocycles. The molecule has 8 atom stereocenters. The Morgan fingerprint density at radius 1 is 1.00 bits per heavy atom. The molecule has 4 N–H and O–H groups in total. The Bertz CT molecular complexity index is 1820. The highest BCUT2D eigenvalue weighted by Gasteiger charge is 2.52. The summed E-state index contributed by atoms with van der Waals surface area (Å²) in [5.74, 6) is -10.4. The Morgan fingerprint density at radius 3 is 2.25 bits per heavy atom. The van der Waals surface area contributed by atoms with Gasteiger partial charge in [0.05, 0.1) is 40.9 Å². The van der Waals surface area contributed by atoms with Crippen molar-refractivity contribution in [1.29, 1.82) is 0 Å². The van der Waals surface area contributed by atoms with E-state index in [1.807, 2.05) is 0 Å². The van der Waals surface area contributed by atoms with Gasteiger partial charge in [-0.2, -0.15) is 0 Å². The molecule has 5 rings (SSSR count). The molecule has 1 amide bonds. The van der Waals surface area contributed by atoms with E-state index >= 15 is 0 Å². The number of phenols is 1. The van der Waals surface area contributed by atoms with Crippen LogP contribution in [0.15, 0.2) is 47.9 Å². The number of methoxy groups -OCH3 is 1. The van der Waals surface area contributed by atoms with Crippen molar-refractivity contribution in [3.8, 4) is 11.5 Å². The molecule has 14 nitrogen and oxygen atoms in total. The number of carbonyl (C=O) groups excluding carboxylic acids is 6. The molecular weight excluding hydrogens is 666 g/mol. The molecule has 274 valence electrons. The first-order valence-corrected chi connectivity index (χ1v) is 16.3. The summed E-state index contributed by atoms with van der Waals surface area (Å²) in [7, 11) is 1.37. The number of hydrogen-bond acceptors (Lipinski definition) is 13. The Hall–Kier alpha value is -4.92. The Kier molecular flexibility index (Phi) is 11.0. The number of esters is 1. The third-order valence-electron chi connectivity index (χ3n) is 9.62. The quantitative estimate of drug-likeness (QED) is 0.326. The Labute approximate surface area is 294 Å². The molecule has 1 aromatic carbocycles. The van der Waals surface area contributed by atoms with Gasteiger partial charge < -0.3 is 39.6 Å². The Balaban J connectivity index is 1.86. The van der Waals surface area contributed by atoms with E-state index in [0.717, 1.165) is 18.4 Å². The zero-order chi connectivity index (χ0) is 38.3. The topological polar surface area (TPSA) is 212 Å². The van der Waals surface area contributed by atoms with Crippen molar-refractivity contribution in [1.82, 2.24) is 5.32 Å². The molecule has 5 bridgehead atoms.